The van der Waals surface area contributed by atoms with Crippen molar-refractivity contribution in [2.24, 2.45) is 45.3 Å². The zero-order valence-corrected chi connectivity index (χ0v) is 22.2. The van der Waals surface area contributed by atoms with E-state index < -0.39 is 6.10 Å². The lowest BCUT2D eigenvalue weighted by molar-refractivity contribution is -0.146. The van der Waals surface area contributed by atoms with Gasteiger partial charge in [-0.1, -0.05) is 59.3 Å². The number of hydrogen-bond acceptors (Lipinski definition) is 3. The van der Waals surface area contributed by atoms with Crippen LogP contribution in [0.2, 0.25) is 0 Å². The van der Waals surface area contributed by atoms with Crippen molar-refractivity contribution in [3.8, 4) is 0 Å². The van der Waals surface area contributed by atoms with E-state index in [9.17, 15) is 15.0 Å². The molecule has 8 atom stereocenters. The molecule has 0 unspecified atom stereocenters. The third kappa shape index (κ3) is 3.63. The first kappa shape index (κ1) is 25.2. The van der Waals surface area contributed by atoms with Crippen LogP contribution in [-0.4, -0.2) is 28.7 Å². The number of ketones is 1. The molecule has 0 aromatic heterocycles. The monoisotopic (exact) mass is 456 g/mol. The molecule has 0 aliphatic heterocycles. The number of Topliss-reactive ketones (excluding diaryl/α,β-unsaturated/α-hetero) is 1. The highest BCUT2D eigenvalue weighted by Crippen LogP contribution is 2.73. The molecule has 4 aliphatic rings. The summed E-state index contributed by atoms with van der Waals surface area (Å²) in [5, 5.41) is 19.9. The molecule has 0 heterocycles. The van der Waals surface area contributed by atoms with Crippen LogP contribution in [0.5, 0.6) is 0 Å². The standard InChI is InChI=1S/C30H48O3/c1-19(18-31)16-21(32)17-20(2)22-10-14-30(7)24-8-9-25-27(3,4)26(33)12-13-28(25,5)23(24)11-15-29(22,30)6/h8,16,20-23,25,31-32H,9-15,17-18H2,1-7H3/b19-16+/t20-,21-,22-,23-,25-,28+,29-,30+/m0/s1. The van der Waals surface area contributed by atoms with E-state index in [-0.39, 0.29) is 28.3 Å². The maximum Gasteiger partial charge on any atom is 0.138 e. The van der Waals surface area contributed by atoms with Gasteiger partial charge >= 0.3 is 0 Å². The summed E-state index contributed by atoms with van der Waals surface area (Å²) in [6.07, 6.45) is 12.5. The molecule has 186 valence electrons. The number of hydrogen-bond donors (Lipinski definition) is 2. The van der Waals surface area contributed by atoms with E-state index in [0.717, 1.165) is 31.3 Å². The van der Waals surface area contributed by atoms with E-state index in [2.05, 4.69) is 47.6 Å². The molecule has 4 aliphatic carbocycles. The van der Waals surface area contributed by atoms with Gasteiger partial charge < -0.3 is 10.2 Å². The molecule has 3 fully saturated rings. The summed E-state index contributed by atoms with van der Waals surface area (Å²) in [6.45, 7) is 16.2. The maximum absolute atomic E-state index is 12.8. The highest BCUT2D eigenvalue weighted by atomic mass is 16.3. The Hall–Kier alpha value is -0.930. The normalized spacial score (nSPS) is 44.4. The Labute approximate surface area is 202 Å². The van der Waals surface area contributed by atoms with Crippen molar-refractivity contribution in [2.45, 2.75) is 106 Å². The quantitative estimate of drug-likeness (QED) is 0.465. The van der Waals surface area contributed by atoms with E-state index in [1.54, 1.807) is 5.57 Å². The van der Waals surface area contributed by atoms with Crippen LogP contribution in [0.4, 0.5) is 0 Å². The zero-order chi connectivity index (χ0) is 24.4. The molecule has 2 N–H and O–H groups in total. The average molecular weight is 457 g/mol. The summed E-state index contributed by atoms with van der Waals surface area (Å²) in [4.78, 5) is 12.8. The minimum Gasteiger partial charge on any atom is -0.392 e. The van der Waals surface area contributed by atoms with Crippen LogP contribution < -0.4 is 0 Å². The number of carbonyl (C=O) groups excluding carboxylic acids is 1. The maximum atomic E-state index is 12.8. The van der Waals surface area contributed by atoms with E-state index in [1.165, 1.54) is 25.7 Å². The van der Waals surface area contributed by atoms with E-state index in [1.807, 2.05) is 13.0 Å². The first-order chi connectivity index (χ1) is 15.3. The third-order valence-corrected chi connectivity index (χ3v) is 11.7. The Balaban J connectivity index is 1.61. The number of aliphatic hydroxyl groups excluding tert-OH is 2. The van der Waals surface area contributed by atoms with Crippen molar-refractivity contribution >= 4 is 5.78 Å². The second kappa shape index (κ2) is 8.33. The van der Waals surface area contributed by atoms with Crippen molar-refractivity contribution in [3.05, 3.63) is 23.3 Å². The molecule has 0 aromatic rings. The van der Waals surface area contributed by atoms with Gasteiger partial charge in [-0.2, -0.15) is 0 Å². The van der Waals surface area contributed by atoms with E-state index in [0.29, 0.717) is 29.5 Å². The van der Waals surface area contributed by atoms with Gasteiger partial charge in [-0.05, 0) is 97.4 Å². The number of aliphatic hydroxyl groups is 2. The topological polar surface area (TPSA) is 57.5 Å². The lowest BCUT2D eigenvalue weighted by Crippen LogP contribution is -2.57. The predicted octanol–water partition coefficient (Wildman–Crippen LogP) is 6.49. The second-order valence-corrected chi connectivity index (χ2v) is 13.5. The Kier molecular flexibility index (Phi) is 6.35. The Morgan fingerprint density at radius 3 is 2.52 bits per heavy atom. The Morgan fingerprint density at radius 1 is 1.15 bits per heavy atom. The predicted molar refractivity (Wildman–Crippen MR) is 135 cm³/mol. The van der Waals surface area contributed by atoms with Crippen molar-refractivity contribution < 1.29 is 15.0 Å². The largest absolute Gasteiger partial charge is 0.392 e. The summed E-state index contributed by atoms with van der Waals surface area (Å²) in [5.74, 6) is 2.59. The number of rotatable bonds is 5. The fraction of sp³-hybridized carbons (Fsp3) is 0.833. The minimum atomic E-state index is -0.477. The van der Waals surface area contributed by atoms with Gasteiger partial charge in [0.15, 0.2) is 0 Å². The van der Waals surface area contributed by atoms with Crippen molar-refractivity contribution in [3.63, 3.8) is 0 Å². The fourth-order valence-corrected chi connectivity index (χ4v) is 9.46. The molecular weight excluding hydrogens is 408 g/mol. The van der Waals surface area contributed by atoms with Crippen LogP contribution in [0.25, 0.3) is 0 Å². The highest BCUT2D eigenvalue weighted by Gasteiger charge is 2.65. The molecule has 0 spiro atoms. The second-order valence-electron chi connectivity index (χ2n) is 13.5. The van der Waals surface area contributed by atoms with E-state index in [4.69, 9.17) is 0 Å². The summed E-state index contributed by atoms with van der Waals surface area (Å²) in [6, 6.07) is 0. The molecule has 33 heavy (non-hydrogen) atoms. The van der Waals surface area contributed by atoms with Crippen molar-refractivity contribution in [2.75, 3.05) is 6.61 Å². The number of allylic oxidation sites excluding steroid dienone is 2. The van der Waals surface area contributed by atoms with Gasteiger partial charge in [-0.3, -0.25) is 4.79 Å². The molecule has 3 heteroatoms. The summed E-state index contributed by atoms with van der Waals surface area (Å²) < 4.78 is 0. The Morgan fingerprint density at radius 2 is 1.85 bits per heavy atom. The molecule has 0 aromatic carbocycles. The molecule has 4 rings (SSSR count). The van der Waals surface area contributed by atoms with E-state index >= 15 is 0 Å². The SMILES string of the molecule is C/C(=C\[C@H](O)C[C@H](C)[C@@H]1CC[C@]2(C)C3=CC[C@H]4C(C)(C)C(=O)CC[C@]4(C)[C@H]3CC[C@@]12C)CO. The van der Waals surface area contributed by atoms with Crippen LogP contribution in [0, 0.1) is 45.3 Å². The molecule has 0 amide bonds. The summed E-state index contributed by atoms with van der Waals surface area (Å²) in [5.41, 5.74) is 3.06. The average Bonchev–Trinajstić information content (AvgIpc) is 3.02. The number of carbonyl (C=O) groups is 1. The first-order valence-corrected chi connectivity index (χ1v) is 13.5. The summed E-state index contributed by atoms with van der Waals surface area (Å²) >= 11 is 0. The molecule has 0 bridgehead atoms. The van der Waals surface area contributed by atoms with Gasteiger partial charge in [0.2, 0.25) is 0 Å². The summed E-state index contributed by atoms with van der Waals surface area (Å²) in [7, 11) is 0. The minimum absolute atomic E-state index is 0.0162. The molecule has 3 nitrogen and oxygen atoms in total. The van der Waals surface area contributed by atoms with Gasteiger partial charge in [0, 0.05) is 11.8 Å². The van der Waals surface area contributed by atoms with Gasteiger partial charge in [0.1, 0.15) is 5.78 Å². The molecule has 0 saturated heterocycles. The van der Waals surface area contributed by atoms with Crippen LogP contribution >= 0.6 is 0 Å². The smallest absolute Gasteiger partial charge is 0.138 e. The van der Waals surface area contributed by atoms with Crippen molar-refractivity contribution in [1.29, 1.82) is 0 Å². The molecule has 3 saturated carbocycles. The van der Waals surface area contributed by atoms with Gasteiger partial charge in [-0.15, -0.1) is 0 Å². The third-order valence-electron chi connectivity index (χ3n) is 11.7. The molecule has 0 radical (unpaired) electrons. The first-order valence-electron chi connectivity index (χ1n) is 13.5. The van der Waals surface area contributed by atoms with Crippen molar-refractivity contribution in [1.82, 2.24) is 0 Å². The van der Waals surface area contributed by atoms with Gasteiger partial charge in [0.05, 0.1) is 12.7 Å². The highest BCUT2D eigenvalue weighted by molar-refractivity contribution is 5.85. The van der Waals surface area contributed by atoms with Crippen LogP contribution in [0.15, 0.2) is 23.3 Å². The lowest BCUT2D eigenvalue weighted by atomic mass is 9.41. The Bertz CT molecular complexity index is 853. The van der Waals surface area contributed by atoms with Gasteiger partial charge in [0.25, 0.3) is 0 Å². The zero-order valence-electron chi connectivity index (χ0n) is 22.2. The number of fused-ring (bicyclic) bond motifs is 5. The van der Waals surface area contributed by atoms with Crippen LogP contribution in [-0.2, 0) is 4.79 Å². The fourth-order valence-electron chi connectivity index (χ4n) is 9.46. The lowest BCUT2D eigenvalue weighted by Gasteiger charge is -2.63. The molecular formula is C30H48O3. The van der Waals surface area contributed by atoms with Crippen LogP contribution in [0.3, 0.4) is 0 Å². The van der Waals surface area contributed by atoms with Gasteiger partial charge in [-0.25, -0.2) is 0 Å². The van der Waals surface area contributed by atoms with Crippen LogP contribution in [0.1, 0.15) is 99.8 Å².